The molecule has 4 nitrogen and oxygen atoms in total. The van der Waals surface area contributed by atoms with E-state index in [1.54, 1.807) is 13.8 Å². The van der Waals surface area contributed by atoms with E-state index < -0.39 is 16.9 Å². The molecule has 0 aromatic carbocycles. The molecule has 0 aliphatic carbocycles. The zero-order valence-electron chi connectivity index (χ0n) is 10.5. The van der Waals surface area contributed by atoms with Crippen molar-refractivity contribution >= 4 is 28.4 Å². The van der Waals surface area contributed by atoms with Gasteiger partial charge in [0.1, 0.15) is 4.88 Å². The molecule has 106 valence electrons. The number of nitrogens with zero attached hydrogens (tertiary/aromatic N) is 2. The Morgan fingerprint density at radius 3 is 2.89 bits per heavy atom. The number of hydrogen-bond donors (Lipinski definition) is 0. The van der Waals surface area contributed by atoms with Crippen molar-refractivity contribution in [2.24, 2.45) is 0 Å². The van der Waals surface area contributed by atoms with E-state index in [9.17, 15) is 18.2 Å². The minimum atomic E-state index is -1.77. The third-order valence-corrected chi connectivity index (χ3v) is 4.70. The van der Waals surface area contributed by atoms with Crippen LogP contribution in [0.25, 0.3) is 0 Å². The second kappa shape index (κ2) is 7.44. The molecule has 1 rings (SSSR count). The van der Waals surface area contributed by atoms with Crippen molar-refractivity contribution in [3.63, 3.8) is 0 Å². The van der Waals surface area contributed by atoms with Gasteiger partial charge in [0.15, 0.2) is 16.6 Å². The van der Waals surface area contributed by atoms with E-state index in [-0.39, 0.29) is 18.2 Å². The fourth-order valence-electron chi connectivity index (χ4n) is 1.07. The van der Waals surface area contributed by atoms with E-state index >= 15 is 0 Å². The SMILES string of the molecule is CC(C)/[N+]([O-])=C/c1cnc(S(=O)CCC=C(F)F)s1. The number of aromatic nitrogens is 1. The van der Waals surface area contributed by atoms with E-state index in [1.165, 1.54) is 12.4 Å². The van der Waals surface area contributed by atoms with Gasteiger partial charge >= 0.3 is 0 Å². The highest BCUT2D eigenvalue weighted by Gasteiger charge is 2.10. The quantitative estimate of drug-likeness (QED) is 0.351. The van der Waals surface area contributed by atoms with Crippen LogP contribution >= 0.6 is 11.3 Å². The highest BCUT2D eigenvalue weighted by atomic mass is 32.2. The van der Waals surface area contributed by atoms with Crippen molar-refractivity contribution in [1.82, 2.24) is 4.98 Å². The van der Waals surface area contributed by atoms with Crippen molar-refractivity contribution in [3.05, 3.63) is 28.4 Å². The topological polar surface area (TPSA) is 56.0 Å². The van der Waals surface area contributed by atoms with E-state index in [4.69, 9.17) is 0 Å². The van der Waals surface area contributed by atoms with Crippen molar-refractivity contribution in [1.29, 1.82) is 0 Å². The molecule has 0 radical (unpaired) electrons. The summed E-state index contributed by atoms with van der Waals surface area (Å²) in [6, 6.07) is -0.186. The molecule has 0 amide bonds. The van der Waals surface area contributed by atoms with Crippen LogP contribution < -0.4 is 0 Å². The first-order valence-corrected chi connectivity index (χ1v) is 7.69. The van der Waals surface area contributed by atoms with Crippen LogP contribution in [0.2, 0.25) is 0 Å². The van der Waals surface area contributed by atoms with E-state index in [2.05, 4.69) is 4.98 Å². The van der Waals surface area contributed by atoms with Crippen molar-refractivity contribution < 1.29 is 17.7 Å². The van der Waals surface area contributed by atoms with Crippen LogP contribution in [-0.4, -0.2) is 31.9 Å². The Kier molecular flexibility index (Phi) is 6.23. The van der Waals surface area contributed by atoms with Gasteiger partial charge in [-0.2, -0.15) is 8.78 Å². The summed E-state index contributed by atoms with van der Waals surface area (Å²) in [5, 5.41) is 11.4. The molecular formula is C11H14F2N2O2S2. The highest BCUT2D eigenvalue weighted by Crippen LogP contribution is 2.16. The van der Waals surface area contributed by atoms with Crippen LogP contribution in [0.15, 0.2) is 22.7 Å². The van der Waals surface area contributed by atoms with Crippen LogP contribution in [-0.2, 0) is 10.8 Å². The molecule has 8 heteroatoms. The van der Waals surface area contributed by atoms with E-state index in [1.807, 2.05) is 0 Å². The largest absolute Gasteiger partial charge is 0.624 e. The first kappa shape index (κ1) is 15.9. The molecule has 0 fully saturated rings. The normalized spacial score (nSPS) is 13.6. The lowest BCUT2D eigenvalue weighted by Crippen LogP contribution is -2.14. The molecule has 1 heterocycles. The molecular weight excluding hydrogens is 294 g/mol. The molecule has 0 N–H and O–H groups in total. The first-order valence-electron chi connectivity index (χ1n) is 5.56. The number of thiazole rings is 1. The third-order valence-electron chi connectivity index (χ3n) is 2.06. The molecule has 0 bridgehead atoms. The molecule has 0 aliphatic rings. The molecule has 0 saturated heterocycles. The molecule has 0 saturated carbocycles. The summed E-state index contributed by atoms with van der Waals surface area (Å²) in [5.41, 5.74) is 0. The Morgan fingerprint density at radius 1 is 1.63 bits per heavy atom. The molecule has 0 aliphatic heterocycles. The predicted octanol–water partition coefficient (Wildman–Crippen LogP) is 2.76. The summed E-state index contributed by atoms with van der Waals surface area (Å²) in [6.45, 7) is 3.50. The molecule has 1 aromatic heterocycles. The maximum absolute atomic E-state index is 11.8. The van der Waals surface area contributed by atoms with Gasteiger partial charge in [0.25, 0.3) is 6.08 Å². The highest BCUT2D eigenvalue weighted by molar-refractivity contribution is 7.87. The van der Waals surface area contributed by atoms with E-state index in [0.717, 1.165) is 22.2 Å². The maximum Gasteiger partial charge on any atom is 0.266 e. The number of hydroxylamine groups is 1. The molecule has 19 heavy (non-hydrogen) atoms. The number of halogens is 2. The monoisotopic (exact) mass is 308 g/mol. The van der Waals surface area contributed by atoms with E-state index in [0.29, 0.717) is 9.22 Å². The number of allylic oxidation sites excluding steroid dienone is 1. The minimum Gasteiger partial charge on any atom is -0.624 e. The summed E-state index contributed by atoms with van der Waals surface area (Å²) in [6.07, 6.45) is 1.83. The first-order chi connectivity index (χ1) is 8.90. The van der Waals surface area contributed by atoms with Crippen LogP contribution in [0.4, 0.5) is 8.78 Å². The Labute approximate surface area is 116 Å². The fourth-order valence-corrected chi connectivity index (χ4v) is 3.23. The van der Waals surface area contributed by atoms with Crippen LogP contribution in [0.5, 0.6) is 0 Å². The Morgan fingerprint density at radius 2 is 2.32 bits per heavy atom. The standard InChI is InChI=1S/C11H14F2N2O2S2/c1-8(2)15(16)7-9-6-14-11(18-9)19(17)5-3-4-10(12)13/h4,6-8H,3,5H2,1-2H3/b15-7-. The fraction of sp³-hybridized carbons (Fsp3) is 0.455. The van der Waals surface area contributed by atoms with Gasteiger partial charge in [0.2, 0.25) is 0 Å². The summed E-state index contributed by atoms with van der Waals surface area (Å²) >= 11 is 1.13. The van der Waals surface area contributed by atoms with Gasteiger partial charge in [0.05, 0.1) is 17.0 Å². The lowest BCUT2D eigenvalue weighted by molar-refractivity contribution is -0.486. The third kappa shape index (κ3) is 5.56. The minimum absolute atomic E-state index is 0.0350. The molecule has 0 spiro atoms. The van der Waals surface area contributed by atoms with Crippen LogP contribution in [0.3, 0.4) is 0 Å². The van der Waals surface area contributed by atoms with Gasteiger partial charge in [-0.1, -0.05) is 11.3 Å². The smallest absolute Gasteiger partial charge is 0.266 e. The van der Waals surface area contributed by atoms with Gasteiger partial charge in [-0.3, -0.25) is 4.21 Å². The lowest BCUT2D eigenvalue weighted by atomic mass is 10.4. The zero-order valence-corrected chi connectivity index (χ0v) is 12.1. The maximum atomic E-state index is 11.8. The average Bonchev–Trinajstić information content (AvgIpc) is 2.76. The summed E-state index contributed by atoms with van der Waals surface area (Å²) < 4.78 is 36.5. The number of hydrogen-bond acceptors (Lipinski definition) is 4. The predicted molar refractivity (Wildman–Crippen MR) is 72.2 cm³/mol. The van der Waals surface area contributed by atoms with Gasteiger partial charge in [-0.15, -0.1) is 0 Å². The van der Waals surface area contributed by atoms with Crippen LogP contribution in [0, 0.1) is 5.21 Å². The summed E-state index contributed by atoms with van der Waals surface area (Å²) in [7, 11) is -1.42. The van der Waals surface area contributed by atoms with Gasteiger partial charge < -0.3 is 5.21 Å². The van der Waals surface area contributed by atoms with Crippen molar-refractivity contribution in [2.45, 2.75) is 30.6 Å². The Balaban J connectivity index is 2.67. The zero-order chi connectivity index (χ0) is 14.4. The second-order valence-corrected chi connectivity index (χ2v) is 6.75. The van der Waals surface area contributed by atoms with Crippen molar-refractivity contribution in [3.8, 4) is 0 Å². The summed E-state index contributed by atoms with van der Waals surface area (Å²) in [5.74, 6) is 0.0928. The molecule has 1 atom stereocenters. The molecule has 1 unspecified atom stereocenters. The average molecular weight is 308 g/mol. The van der Waals surface area contributed by atoms with Gasteiger partial charge in [0, 0.05) is 5.75 Å². The Bertz CT molecular complexity index is 509. The van der Waals surface area contributed by atoms with Crippen LogP contribution in [0.1, 0.15) is 25.1 Å². The molecule has 1 aromatic rings. The van der Waals surface area contributed by atoms with Gasteiger partial charge in [-0.25, -0.2) is 9.72 Å². The second-order valence-electron chi connectivity index (χ2n) is 3.94. The lowest BCUT2D eigenvalue weighted by Gasteiger charge is -2.05. The van der Waals surface area contributed by atoms with Crippen molar-refractivity contribution in [2.75, 3.05) is 5.75 Å². The van der Waals surface area contributed by atoms with Gasteiger partial charge in [-0.05, 0) is 26.3 Å². The Hall–Kier alpha value is -1.15. The summed E-state index contributed by atoms with van der Waals surface area (Å²) in [4.78, 5) is 4.54. The number of rotatable bonds is 6.